The highest BCUT2D eigenvalue weighted by atomic mass is 19.4. The SMILES string of the molecule is O=C(Nc1cnn(C2CCOCC2)c1)c1ccc(C(F)(F)F)nc1. The first-order valence-corrected chi connectivity index (χ1v) is 7.40. The number of aromatic nitrogens is 3. The summed E-state index contributed by atoms with van der Waals surface area (Å²) >= 11 is 0. The second-order valence-electron chi connectivity index (χ2n) is 5.44. The molecule has 0 saturated carbocycles. The summed E-state index contributed by atoms with van der Waals surface area (Å²) in [5.41, 5.74) is -0.514. The van der Waals surface area contributed by atoms with E-state index in [-0.39, 0.29) is 11.6 Å². The second kappa shape index (κ2) is 6.60. The minimum atomic E-state index is -4.53. The summed E-state index contributed by atoms with van der Waals surface area (Å²) in [6.07, 6.45) is 1.27. The zero-order valence-corrected chi connectivity index (χ0v) is 12.6. The highest BCUT2D eigenvalue weighted by molar-refractivity contribution is 6.03. The molecule has 0 aromatic carbocycles. The monoisotopic (exact) mass is 340 g/mol. The van der Waals surface area contributed by atoms with Crippen molar-refractivity contribution in [2.75, 3.05) is 18.5 Å². The molecule has 1 saturated heterocycles. The van der Waals surface area contributed by atoms with Gasteiger partial charge < -0.3 is 10.1 Å². The lowest BCUT2D eigenvalue weighted by atomic mass is 10.1. The van der Waals surface area contributed by atoms with Crippen molar-refractivity contribution < 1.29 is 22.7 Å². The summed E-state index contributed by atoms with van der Waals surface area (Å²) in [7, 11) is 0. The standard InChI is InChI=1S/C15H15F3N4O2/c16-15(17,18)13-2-1-10(7-19-13)14(23)21-11-8-20-22(9-11)12-3-5-24-6-4-12/h1-2,7-9,12H,3-6H2,(H,21,23). The highest BCUT2D eigenvalue weighted by Crippen LogP contribution is 2.27. The van der Waals surface area contributed by atoms with Gasteiger partial charge in [-0.25, -0.2) is 0 Å². The largest absolute Gasteiger partial charge is 0.433 e. The summed E-state index contributed by atoms with van der Waals surface area (Å²) in [5.74, 6) is -0.539. The van der Waals surface area contributed by atoms with Crippen LogP contribution in [0.15, 0.2) is 30.7 Å². The summed E-state index contributed by atoms with van der Waals surface area (Å²) in [6, 6.07) is 2.09. The van der Waals surface area contributed by atoms with Crippen LogP contribution in [0.1, 0.15) is 34.9 Å². The van der Waals surface area contributed by atoms with Gasteiger partial charge in [-0.15, -0.1) is 0 Å². The number of pyridine rings is 1. The maximum absolute atomic E-state index is 12.5. The smallest absolute Gasteiger partial charge is 0.381 e. The van der Waals surface area contributed by atoms with Crippen molar-refractivity contribution in [3.8, 4) is 0 Å². The fraction of sp³-hybridized carbons (Fsp3) is 0.400. The van der Waals surface area contributed by atoms with Gasteiger partial charge in [-0.3, -0.25) is 14.5 Å². The molecule has 6 nitrogen and oxygen atoms in total. The quantitative estimate of drug-likeness (QED) is 0.933. The zero-order chi connectivity index (χ0) is 17.2. The minimum Gasteiger partial charge on any atom is -0.381 e. The van der Waals surface area contributed by atoms with Crippen molar-refractivity contribution in [1.29, 1.82) is 0 Å². The molecule has 2 aromatic heterocycles. The third kappa shape index (κ3) is 3.73. The Morgan fingerprint density at radius 3 is 2.62 bits per heavy atom. The van der Waals surface area contributed by atoms with Crippen LogP contribution in [0.25, 0.3) is 0 Å². The van der Waals surface area contributed by atoms with Gasteiger partial charge in [-0.1, -0.05) is 0 Å². The predicted molar refractivity (Wildman–Crippen MR) is 78.5 cm³/mol. The topological polar surface area (TPSA) is 69.0 Å². The van der Waals surface area contributed by atoms with E-state index in [0.29, 0.717) is 18.9 Å². The molecule has 0 atom stereocenters. The molecule has 1 aliphatic rings. The van der Waals surface area contributed by atoms with Gasteiger partial charge in [0.05, 0.1) is 23.5 Å². The highest BCUT2D eigenvalue weighted by Gasteiger charge is 2.32. The molecule has 1 aliphatic heterocycles. The average Bonchev–Trinajstić information content (AvgIpc) is 3.03. The number of halogens is 3. The number of hydrogen-bond acceptors (Lipinski definition) is 4. The molecule has 0 bridgehead atoms. The first-order valence-electron chi connectivity index (χ1n) is 7.40. The third-order valence-electron chi connectivity index (χ3n) is 3.74. The lowest BCUT2D eigenvalue weighted by Gasteiger charge is -2.22. The van der Waals surface area contributed by atoms with Gasteiger partial charge in [0, 0.05) is 25.6 Å². The number of alkyl halides is 3. The Balaban J connectivity index is 1.65. The number of nitrogens with one attached hydrogen (secondary N) is 1. The van der Waals surface area contributed by atoms with E-state index >= 15 is 0 Å². The first-order chi connectivity index (χ1) is 11.4. The van der Waals surface area contributed by atoms with E-state index in [9.17, 15) is 18.0 Å². The van der Waals surface area contributed by atoms with Crippen LogP contribution >= 0.6 is 0 Å². The molecule has 128 valence electrons. The van der Waals surface area contributed by atoms with E-state index in [4.69, 9.17) is 4.74 Å². The normalized spacial score (nSPS) is 16.1. The predicted octanol–water partition coefficient (Wildman–Crippen LogP) is 2.90. The number of rotatable bonds is 3. The second-order valence-corrected chi connectivity index (χ2v) is 5.44. The van der Waals surface area contributed by atoms with E-state index in [1.165, 1.54) is 6.20 Å². The first kappa shape index (κ1) is 16.4. The summed E-state index contributed by atoms with van der Waals surface area (Å²) in [6.45, 7) is 1.34. The number of amides is 1. The molecule has 0 spiro atoms. The van der Waals surface area contributed by atoms with Crippen molar-refractivity contribution in [3.63, 3.8) is 0 Å². The molecule has 24 heavy (non-hydrogen) atoms. The van der Waals surface area contributed by atoms with Crippen molar-refractivity contribution in [2.24, 2.45) is 0 Å². The summed E-state index contributed by atoms with van der Waals surface area (Å²) in [4.78, 5) is 15.3. The fourth-order valence-electron chi connectivity index (χ4n) is 2.45. The molecule has 3 heterocycles. The van der Waals surface area contributed by atoms with E-state index in [0.717, 1.165) is 31.2 Å². The van der Waals surface area contributed by atoms with Crippen molar-refractivity contribution in [3.05, 3.63) is 42.0 Å². The molecule has 9 heteroatoms. The number of nitrogens with zero attached hydrogens (tertiary/aromatic N) is 3. The van der Waals surface area contributed by atoms with Crippen LogP contribution < -0.4 is 5.32 Å². The maximum Gasteiger partial charge on any atom is 0.433 e. The van der Waals surface area contributed by atoms with Crippen LogP contribution in [-0.4, -0.2) is 33.9 Å². The average molecular weight is 340 g/mol. The summed E-state index contributed by atoms with van der Waals surface area (Å²) in [5, 5.41) is 6.82. The molecule has 3 rings (SSSR count). The Kier molecular flexibility index (Phi) is 4.52. The van der Waals surface area contributed by atoms with Gasteiger partial charge in [0.25, 0.3) is 5.91 Å². The Morgan fingerprint density at radius 2 is 2.00 bits per heavy atom. The van der Waals surface area contributed by atoms with Gasteiger partial charge in [0.15, 0.2) is 0 Å². The number of carbonyl (C=O) groups is 1. The lowest BCUT2D eigenvalue weighted by Crippen LogP contribution is -2.19. The molecule has 0 aliphatic carbocycles. The Bertz CT molecular complexity index is 706. The maximum atomic E-state index is 12.5. The molecule has 1 N–H and O–H groups in total. The van der Waals surface area contributed by atoms with Crippen molar-refractivity contribution >= 4 is 11.6 Å². The molecular weight excluding hydrogens is 325 g/mol. The molecule has 0 unspecified atom stereocenters. The van der Waals surface area contributed by atoms with Gasteiger partial charge in [-0.05, 0) is 25.0 Å². The fourth-order valence-corrected chi connectivity index (χ4v) is 2.45. The minimum absolute atomic E-state index is 0.0433. The Hall–Kier alpha value is -2.42. The molecule has 1 amide bonds. The van der Waals surface area contributed by atoms with Gasteiger partial charge in [0.1, 0.15) is 5.69 Å². The van der Waals surface area contributed by atoms with E-state index in [1.54, 1.807) is 10.9 Å². The van der Waals surface area contributed by atoms with Crippen molar-refractivity contribution in [2.45, 2.75) is 25.1 Å². The van der Waals surface area contributed by atoms with Crippen LogP contribution in [0.5, 0.6) is 0 Å². The molecule has 2 aromatic rings. The van der Waals surface area contributed by atoms with E-state index in [2.05, 4.69) is 15.4 Å². The van der Waals surface area contributed by atoms with Crippen LogP contribution in [0, 0.1) is 0 Å². The number of anilines is 1. The van der Waals surface area contributed by atoms with Crippen molar-refractivity contribution in [1.82, 2.24) is 14.8 Å². The van der Waals surface area contributed by atoms with Gasteiger partial charge >= 0.3 is 6.18 Å². The van der Waals surface area contributed by atoms with Crippen LogP contribution in [0.3, 0.4) is 0 Å². The van der Waals surface area contributed by atoms with E-state index in [1.807, 2.05) is 0 Å². The Morgan fingerprint density at radius 1 is 1.25 bits per heavy atom. The van der Waals surface area contributed by atoms with E-state index < -0.39 is 17.8 Å². The van der Waals surface area contributed by atoms with Crippen LogP contribution in [0.2, 0.25) is 0 Å². The van der Waals surface area contributed by atoms with Gasteiger partial charge in [-0.2, -0.15) is 18.3 Å². The number of ether oxygens (including phenoxy) is 1. The molecule has 0 radical (unpaired) electrons. The lowest BCUT2D eigenvalue weighted by molar-refractivity contribution is -0.141. The summed E-state index contributed by atoms with van der Waals surface area (Å²) < 4.78 is 44.4. The molecular formula is C15H15F3N4O2. The number of carbonyl (C=O) groups excluding carboxylic acids is 1. The third-order valence-corrected chi connectivity index (χ3v) is 3.74. The molecule has 1 fully saturated rings. The van der Waals surface area contributed by atoms with Crippen LogP contribution in [0.4, 0.5) is 18.9 Å². The zero-order valence-electron chi connectivity index (χ0n) is 12.6. The van der Waals surface area contributed by atoms with Crippen LogP contribution in [-0.2, 0) is 10.9 Å². The van der Waals surface area contributed by atoms with Gasteiger partial charge in [0.2, 0.25) is 0 Å². The number of hydrogen-bond donors (Lipinski definition) is 1. The Labute approximate surface area is 135 Å².